The summed E-state index contributed by atoms with van der Waals surface area (Å²) in [6, 6.07) is 1.99. The van der Waals surface area contributed by atoms with Gasteiger partial charge in [-0.05, 0) is 38.9 Å². The van der Waals surface area contributed by atoms with E-state index < -0.39 is 0 Å². The van der Waals surface area contributed by atoms with Gasteiger partial charge in [-0.25, -0.2) is 9.97 Å². The van der Waals surface area contributed by atoms with Gasteiger partial charge in [0, 0.05) is 36.3 Å². The maximum Gasteiger partial charge on any atom is 0.194 e. The number of halogens is 1. The van der Waals surface area contributed by atoms with Gasteiger partial charge in [0.05, 0.1) is 21.3 Å². The Balaban J connectivity index is 1.53. The molecule has 128 valence electrons. The largest absolute Gasteiger partial charge is 0.317 e. The SMILES string of the molecule is Cc1cn2cc(-c3cn4cc(C5CCNCC5)nc4s3)cc(Cl)c2n1. The molecule has 4 aromatic rings. The summed E-state index contributed by atoms with van der Waals surface area (Å²) in [6.45, 7) is 4.15. The summed E-state index contributed by atoms with van der Waals surface area (Å²) in [5.74, 6) is 0.580. The second-order valence-corrected chi connectivity index (χ2v) is 8.08. The van der Waals surface area contributed by atoms with Gasteiger partial charge in [-0.3, -0.25) is 4.40 Å². The van der Waals surface area contributed by atoms with E-state index in [0.717, 1.165) is 39.8 Å². The van der Waals surface area contributed by atoms with Gasteiger partial charge in [-0.2, -0.15) is 0 Å². The molecule has 0 aromatic carbocycles. The molecular weight excluding hydrogens is 354 g/mol. The van der Waals surface area contributed by atoms with Crippen molar-refractivity contribution in [2.75, 3.05) is 13.1 Å². The van der Waals surface area contributed by atoms with E-state index in [2.05, 4.69) is 33.3 Å². The van der Waals surface area contributed by atoms with Crippen LogP contribution in [0.5, 0.6) is 0 Å². The number of thiazole rings is 1. The Morgan fingerprint density at radius 1 is 1.12 bits per heavy atom. The van der Waals surface area contributed by atoms with Crippen LogP contribution in [0, 0.1) is 6.92 Å². The number of imidazole rings is 2. The zero-order valence-corrected chi connectivity index (χ0v) is 15.4. The third kappa shape index (κ3) is 2.65. The predicted molar refractivity (Wildman–Crippen MR) is 102 cm³/mol. The third-order valence-electron chi connectivity index (χ3n) is 4.84. The van der Waals surface area contributed by atoms with Gasteiger partial charge in [-0.15, -0.1) is 0 Å². The van der Waals surface area contributed by atoms with Crippen molar-refractivity contribution in [3.63, 3.8) is 0 Å². The molecule has 1 saturated heterocycles. The Kier molecular flexibility index (Phi) is 3.58. The minimum absolute atomic E-state index is 0.580. The predicted octanol–water partition coefficient (Wildman–Crippen LogP) is 4.14. The van der Waals surface area contributed by atoms with Gasteiger partial charge in [0.2, 0.25) is 0 Å². The average molecular weight is 372 g/mol. The van der Waals surface area contributed by atoms with Crippen molar-refractivity contribution in [2.45, 2.75) is 25.7 Å². The van der Waals surface area contributed by atoms with E-state index in [-0.39, 0.29) is 0 Å². The van der Waals surface area contributed by atoms with E-state index in [0.29, 0.717) is 10.9 Å². The normalized spacial score (nSPS) is 16.2. The summed E-state index contributed by atoms with van der Waals surface area (Å²) in [5.41, 5.74) is 4.08. The number of hydrogen-bond acceptors (Lipinski definition) is 4. The average Bonchev–Trinajstić information content (AvgIpc) is 3.27. The molecule has 0 amide bonds. The van der Waals surface area contributed by atoms with Gasteiger partial charge in [-0.1, -0.05) is 22.9 Å². The van der Waals surface area contributed by atoms with Crippen LogP contribution in [0.2, 0.25) is 5.02 Å². The highest BCUT2D eigenvalue weighted by Crippen LogP contribution is 2.33. The van der Waals surface area contributed by atoms with Crippen LogP contribution in [0.4, 0.5) is 0 Å². The molecule has 4 aromatic heterocycles. The highest BCUT2D eigenvalue weighted by molar-refractivity contribution is 7.20. The van der Waals surface area contributed by atoms with Crippen LogP contribution in [0.15, 0.2) is 30.9 Å². The highest BCUT2D eigenvalue weighted by Gasteiger charge is 2.19. The Labute approximate surface area is 154 Å². The molecule has 1 aliphatic rings. The van der Waals surface area contributed by atoms with E-state index in [1.807, 2.05) is 23.6 Å². The fraction of sp³-hybridized carbons (Fsp3) is 0.333. The highest BCUT2D eigenvalue weighted by atomic mass is 35.5. The van der Waals surface area contributed by atoms with E-state index >= 15 is 0 Å². The minimum Gasteiger partial charge on any atom is -0.317 e. The molecule has 0 bridgehead atoms. The lowest BCUT2D eigenvalue weighted by Gasteiger charge is -2.20. The molecule has 5 nitrogen and oxygen atoms in total. The van der Waals surface area contributed by atoms with Crippen LogP contribution >= 0.6 is 22.9 Å². The summed E-state index contributed by atoms with van der Waals surface area (Å²) in [5, 5.41) is 4.09. The van der Waals surface area contributed by atoms with Gasteiger partial charge in [0.1, 0.15) is 0 Å². The van der Waals surface area contributed by atoms with Crippen molar-refractivity contribution in [3.8, 4) is 10.4 Å². The molecule has 7 heteroatoms. The lowest BCUT2D eigenvalue weighted by molar-refractivity contribution is 0.454. The van der Waals surface area contributed by atoms with Crippen LogP contribution in [0.1, 0.15) is 30.1 Å². The van der Waals surface area contributed by atoms with Crippen LogP contribution < -0.4 is 5.32 Å². The maximum atomic E-state index is 6.42. The second kappa shape index (κ2) is 5.83. The Morgan fingerprint density at radius 2 is 1.96 bits per heavy atom. The first kappa shape index (κ1) is 15.4. The number of rotatable bonds is 2. The summed E-state index contributed by atoms with van der Waals surface area (Å²) in [4.78, 5) is 11.5. The first-order chi connectivity index (χ1) is 12.2. The van der Waals surface area contributed by atoms with Crippen molar-refractivity contribution in [2.24, 2.45) is 0 Å². The number of pyridine rings is 1. The molecule has 0 spiro atoms. The first-order valence-electron chi connectivity index (χ1n) is 8.52. The number of aryl methyl sites for hydroxylation is 1. The molecule has 0 radical (unpaired) electrons. The molecule has 5 rings (SSSR count). The Morgan fingerprint density at radius 3 is 2.76 bits per heavy atom. The molecule has 25 heavy (non-hydrogen) atoms. The molecule has 0 saturated carbocycles. The van der Waals surface area contributed by atoms with E-state index in [9.17, 15) is 0 Å². The van der Waals surface area contributed by atoms with E-state index in [1.54, 1.807) is 11.3 Å². The third-order valence-corrected chi connectivity index (χ3v) is 6.17. The van der Waals surface area contributed by atoms with Crippen LogP contribution in [0.25, 0.3) is 21.0 Å². The fourth-order valence-electron chi connectivity index (χ4n) is 3.58. The lowest BCUT2D eigenvalue weighted by Crippen LogP contribution is -2.26. The number of nitrogens with zero attached hydrogens (tertiary/aromatic N) is 4. The molecular formula is C18H18ClN5S. The quantitative estimate of drug-likeness (QED) is 0.576. The van der Waals surface area contributed by atoms with Crippen molar-refractivity contribution in [1.29, 1.82) is 0 Å². The zero-order valence-electron chi connectivity index (χ0n) is 13.9. The number of nitrogens with one attached hydrogen (secondary N) is 1. The van der Waals surface area contributed by atoms with Gasteiger partial charge < -0.3 is 9.72 Å². The summed E-state index contributed by atoms with van der Waals surface area (Å²) in [7, 11) is 0. The van der Waals surface area contributed by atoms with Crippen molar-refractivity contribution < 1.29 is 0 Å². The van der Waals surface area contributed by atoms with Crippen molar-refractivity contribution in [1.82, 2.24) is 24.1 Å². The zero-order chi connectivity index (χ0) is 17.0. The fourth-order valence-corrected chi connectivity index (χ4v) is 4.79. The monoisotopic (exact) mass is 371 g/mol. The molecule has 0 atom stereocenters. The molecule has 1 aliphatic heterocycles. The van der Waals surface area contributed by atoms with Crippen LogP contribution in [0.3, 0.4) is 0 Å². The second-order valence-electron chi connectivity index (χ2n) is 6.67. The molecule has 5 heterocycles. The Hall–Kier alpha value is -1.89. The summed E-state index contributed by atoms with van der Waals surface area (Å²) in [6.07, 6.45) is 10.8. The van der Waals surface area contributed by atoms with Crippen molar-refractivity contribution in [3.05, 3.63) is 47.3 Å². The van der Waals surface area contributed by atoms with Crippen molar-refractivity contribution >= 4 is 33.5 Å². The number of hydrogen-bond donors (Lipinski definition) is 1. The molecule has 1 fully saturated rings. The van der Waals surface area contributed by atoms with Crippen LogP contribution in [-0.4, -0.2) is 31.9 Å². The van der Waals surface area contributed by atoms with Gasteiger partial charge in [0.25, 0.3) is 0 Å². The summed E-state index contributed by atoms with van der Waals surface area (Å²) < 4.78 is 4.14. The molecule has 0 aliphatic carbocycles. The van der Waals surface area contributed by atoms with E-state index in [1.165, 1.54) is 18.5 Å². The molecule has 1 N–H and O–H groups in total. The van der Waals surface area contributed by atoms with Crippen LogP contribution in [-0.2, 0) is 0 Å². The van der Waals surface area contributed by atoms with Gasteiger partial charge >= 0.3 is 0 Å². The minimum atomic E-state index is 0.580. The first-order valence-corrected chi connectivity index (χ1v) is 9.71. The topological polar surface area (TPSA) is 46.6 Å². The number of aromatic nitrogens is 4. The Bertz CT molecular complexity index is 1040. The number of piperidine rings is 1. The van der Waals surface area contributed by atoms with E-state index in [4.69, 9.17) is 16.6 Å². The molecule has 0 unspecified atom stereocenters. The number of fused-ring (bicyclic) bond motifs is 2. The van der Waals surface area contributed by atoms with Gasteiger partial charge in [0.15, 0.2) is 10.6 Å². The lowest BCUT2D eigenvalue weighted by atomic mass is 9.95. The summed E-state index contributed by atoms with van der Waals surface area (Å²) >= 11 is 8.12. The smallest absolute Gasteiger partial charge is 0.194 e. The maximum absolute atomic E-state index is 6.42. The standard InChI is InChI=1S/C18H18ClN5S/c1-11-7-23-8-13(6-14(19)17(23)21-11)16-10-24-9-15(22-18(24)25-16)12-2-4-20-5-3-12/h6-10,12,20H,2-5H2,1H3.